The van der Waals surface area contributed by atoms with Crippen LogP contribution >= 0.6 is 0 Å². The minimum Gasteiger partial charge on any atom is -0.484 e. The van der Waals surface area contributed by atoms with E-state index in [2.05, 4.69) is 0 Å². The van der Waals surface area contributed by atoms with Gasteiger partial charge in [0.05, 0.1) is 12.2 Å². The largest absolute Gasteiger partial charge is 0.484 e. The van der Waals surface area contributed by atoms with Gasteiger partial charge in [0.1, 0.15) is 41.9 Å². The molecule has 2 fully saturated rings. The number of rotatable bonds is 3. The number of benzene rings is 1. The lowest BCUT2D eigenvalue weighted by atomic mass is 9.95. The maximum absolute atomic E-state index is 11.8. The quantitative estimate of drug-likeness (QED) is 0.354. The van der Waals surface area contributed by atoms with Gasteiger partial charge >= 0.3 is 5.63 Å². The lowest BCUT2D eigenvalue weighted by molar-refractivity contribution is -0.349. The normalized spacial score (nSPS) is 41.7. The molecule has 1 aromatic heterocycles. The van der Waals surface area contributed by atoms with Gasteiger partial charge in [-0.2, -0.15) is 0 Å². The van der Waals surface area contributed by atoms with Gasteiger partial charge in [-0.15, -0.1) is 0 Å². The summed E-state index contributed by atoms with van der Waals surface area (Å²) >= 11 is 0. The molecule has 0 amide bonds. The Bertz CT molecular complexity index is 1050. The molecule has 11 heteroatoms. The van der Waals surface area contributed by atoms with Gasteiger partial charge in [-0.3, -0.25) is 0 Å². The summed E-state index contributed by atoms with van der Waals surface area (Å²) in [7, 11) is 0. The molecule has 3 aliphatic rings. The van der Waals surface area contributed by atoms with Crippen molar-refractivity contribution in [2.45, 2.75) is 61.7 Å². The summed E-state index contributed by atoms with van der Waals surface area (Å²) in [6.45, 7) is 0.788. The Morgan fingerprint density at radius 1 is 1.06 bits per heavy atom. The van der Waals surface area contributed by atoms with E-state index < -0.39 is 67.0 Å². The van der Waals surface area contributed by atoms with Crippen molar-refractivity contribution in [2.24, 2.45) is 0 Å². The van der Waals surface area contributed by atoms with Gasteiger partial charge in [0, 0.05) is 11.5 Å². The highest BCUT2D eigenvalue weighted by Gasteiger charge is 2.61. The highest BCUT2D eigenvalue weighted by Crippen LogP contribution is 2.52. The molecule has 2 aromatic rings. The average molecular weight is 438 g/mol. The zero-order valence-electron chi connectivity index (χ0n) is 16.3. The van der Waals surface area contributed by atoms with Crippen LogP contribution in [0.15, 0.2) is 33.5 Å². The molecule has 31 heavy (non-hydrogen) atoms. The van der Waals surface area contributed by atoms with Crippen LogP contribution in [-0.4, -0.2) is 80.8 Å². The van der Waals surface area contributed by atoms with Gasteiger partial charge in [0.15, 0.2) is 24.3 Å². The molecule has 4 heterocycles. The van der Waals surface area contributed by atoms with E-state index in [4.69, 9.17) is 23.4 Å². The van der Waals surface area contributed by atoms with Gasteiger partial charge in [-0.25, -0.2) is 4.79 Å². The third-order valence-corrected chi connectivity index (χ3v) is 6.03. The fraction of sp³-hybridized carbons (Fsp3) is 0.550. The van der Waals surface area contributed by atoms with E-state index in [1.165, 1.54) is 13.0 Å². The summed E-state index contributed by atoms with van der Waals surface area (Å²) in [6, 6.07) is 6.29. The molecule has 0 saturated carbocycles. The van der Waals surface area contributed by atoms with E-state index in [1.807, 2.05) is 0 Å². The fourth-order valence-corrected chi connectivity index (χ4v) is 4.30. The zero-order valence-corrected chi connectivity index (χ0v) is 16.3. The van der Waals surface area contributed by atoms with E-state index in [0.29, 0.717) is 16.7 Å². The van der Waals surface area contributed by atoms with E-state index in [1.54, 1.807) is 18.2 Å². The first-order chi connectivity index (χ1) is 14.7. The molecule has 0 bridgehead atoms. The molecule has 0 spiro atoms. The van der Waals surface area contributed by atoms with Crippen molar-refractivity contribution in [1.82, 2.24) is 0 Å². The summed E-state index contributed by atoms with van der Waals surface area (Å²) in [5.41, 5.74) is -1.57. The van der Waals surface area contributed by atoms with Crippen molar-refractivity contribution in [3.63, 3.8) is 0 Å². The van der Waals surface area contributed by atoms with E-state index in [9.17, 15) is 30.3 Å². The van der Waals surface area contributed by atoms with Crippen LogP contribution in [0.5, 0.6) is 5.75 Å². The second-order valence-electron chi connectivity index (χ2n) is 8.14. The van der Waals surface area contributed by atoms with Gasteiger partial charge in [-0.1, -0.05) is 0 Å². The number of hydrogen-bond acceptors (Lipinski definition) is 11. The second kappa shape index (κ2) is 7.22. The van der Waals surface area contributed by atoms with Crippen molar-refractivity contribution in [3.8, 4) is 5.75 Å². The summed E-state index contributed by atoms with van der Waals surface area (Å²) in [5, 5.41) is 51.2. The molecule has 5 N–H and O–H groups in total. The summed E-state index contributed by atoms with van der Waals surface area (Å²) in [5.74, 6) is 0.392. The molecule has 11 nitrogen and oxygen atoms in total. The molecular formula is C20H22O11. The van der Waals surface area contributed by atoms with Gasteiger partial charge in [0.2, 0.25) is 0 Å². The van der Waals surface area contributed by atoms with Crippen LogP contribution in [-0.2, 0) is 14.2 Å². The molecule has 3 aliphatic heterocycles. The molecule has 0 unspecified atom stereocenters. The number of aliphatic hydroxyl groups is 5. The van der Waals surface area contributed by atoms with Crippen LogP contribution in [0.2, 0.25) is 0 Å². The van der Waals surface area contributed by atoms with Crippen LogP contribution in [0.1, 0.15) is 18.6 Å². The highest BCUT2D eigenvalue weighted by atomic mass is 16.8. The fourth-order valence-electron chi connectivity index (χ4n) is 4.30. The SMILES string of the molecule is C[C@@]1(O)[C@H](O[C@@H]2O[C@H](CO)[C@@H](O)[C@H](O)[C@H]2O)O[C@@H]2c3c(ccc4ccc(=O)oc34)O[C@@H]21. The van der Waals surface area contributed by atoms with E-state index >= 15 is 0 Å². The van der Waals surface area contributed by atoms with Gasteiger partial charge in [-0.05, 0) is 25.1 Å². The molecule has 0 aliphatic carbocycles. The molecular weight excluding hydrogens is 416 g/mol. The number of aliphatic hydroxyl groups excluding tert-OH is 4. The molecule has 9 atom stereocenters. The third kappa shape index (κ3) is 3.09. The smallest absolute Gasteiger partial charge is 0.336 e. The first kappa shape index (κ1) is 20.8. The minimum atomic E-state index is -1.73. The van der Waals surface area contributed by atoms with Crippen LogP contribution < -0.4 is 10.4 Å². The van der Waals surface area contributed by atoms with Crippen molar-refractivity contribution in [2.75, 3.05) is 6.61 Å². The molecule has 2 saturated heterocycles. The monoisotopic (exact) mass is 438 g/mol. The predicted molar refractivity (Wildman–Crippen MR) is 100.0 cm³/mol. The average Bonchev–Trinajstić information content (AvgIpc) is 3.23. The Morgan fingerprint density at radius 3 is 2.55 bits per heavy atom. The molecule has 1 aromatic carbocycles. The van der Waals surface area contributed by atoms with Crippen LogP contribution in [0.3, 0.4) is 0 Å². The summed E-state index contributed by atoms with van der Waals surface area (Å²) in [6.07, 6.45) is -10.7. The van der Waals surface area contributed by atoms with Crippen molar-refractivity contribution >= 4 is 11.0 Å². The predicted octanol–water partition coefficient (Wildman–Crippen LogP) is -1.48. The topological polar surface area (TPSA) is 168 Å². The van der Waals surface area contributed by atoms with Crippen molar-refractivity contribution in [1.29, 1.82) is 0 Å². The van der Waals surface area contributed by atoms with Gasteiger partial charge < -0.3 is 48.9 Å². The minimum absolute atomic E-state index is 0.266. The Labute approximate surface area is 175 Å². The Hall–Kier alpha value is -2.09. The first-order valence-corrected chi connectivity index (χ1v) is 9.79. The zero-order chi connectivity index (χ0) is 22.1. The lowest BCUT2D eigenvalue weighted by Gasteiger charge is -2.41. The Morgan fingerprint density at radius 2 is 1.81 bits per heavy atom. The number of ether oxygens (including phenoxy) is 4. The number of fused-ring (bicyclic) bond motifs is 5. The standard InChI is InChI=1S/C20H22O11/c1-20(26)17-16(11-8(27-17)4-2-7-3-5-10(22)29-15(7)11)30-19(20)31-18-14(25)13(24)12(23)9(6-21)28-18/h2-5,9,12-14,16-19,21,23-26H,6H2,1H3/t9-,12-,13+,14-,16-,17+,18+,19+,20+/m1/s1. The summed E-state index contributed by atoms with van der Waals surface area (Å²) in [4.78, 5) is 11.8. The second-order valence-corrected chi connectivity index (χ2v) is 8.14. The highest BCUT2D eigenvalue weighted by molar-refractivity contribution is 5.83. The molecule has 168 valence electrons. The lowest BCUT2D eigenvalue weighted by Crippen LogP contribution is -2.61. The molecule has 0 radical (unpaired) electrons. The third-order valence-electron chi connectivity index (χ3n) is 6.03. The van der Waals surface area contributed by atoms with E-state index in [0.717, 1.165) is 0 Å². The maximum Gasteiger partial charge on any atom is 0.336 e. The molecule has 5 rings (SSSR count). The van der Waals surface area contributed by atoms with Crippen molar-refractivity contribution in [3.05, 3.63) is 40.2 Å². The van der Waals surface area contributed by atoms with Crippen LogP contribution in [0, 0.1) is 0 Å². The van der Waals surface area contributed by atoms with Gasteiger partial charge in [0.25, 0.3) is 0 Å². The Balaban J connectivity index is 1.45. The summed E-state index contributed by atoms with van der Waals surface area (Å²) < 4.78 is 28.1. The van der Waals surface area contributed by atoms with Crippen molar-refractivity contribution < 1.29 is 48.9 Å². The first-order valence-electron chi connectivity index (χ1n) is 9.79. The number of hydrogen-bond donors (Lipinski definition) is 5. The van der Waals surface area contributed by atoms with Crippen LogP contribution in [0.4, 0.5) is 0 Å². The Kier molecular flexibility index (Phi) is 4.84. The maximum atomic E-state index is 11.8. The van der Waals surface area contributed by atoms with Crippen LogP contribution in [0.25, 0.3) is 11.0 Å². The van der Waals surface area contributed by atoms with E-state index in [-0.39, 0.29) is 5.58 Å².